The fraction of sp³-hybridized carbons (Fsp3) is 0.944. The lowest BCUT2D eigenvalue weighted by molar-refractivity contribution is -0.136. The standard InChI is InChI=1S/C10H19N3O3S.C8H17N3O2S/c1-8(14)13-6-9(7-13)12-4-2-10(3-5-12)17(11,15)16;9-14(12,13)8-1-3-11(4-2-8)7-5-10-6-7/h9-10H,2-7H2,1H3,(H2,11,15,16);7-8,10H,1-6H2,(H2,9,12,13). The van der Waals surface area contributed by atoms with E-state index in [1.165, 1.54) is 0 Å². The monoisotopic (exact) mass is 480 g/mol. The number of carbonyl (C=O) groups excluding carboxylic acids is 1. The molecule has 0 radical (unpaired) electrons. The SMILES string of the molecule is CC(=O)N1CC(N2CCC(S(N)(=O)=O)CC2)C1.NS(=O)(=O)C1CCN(C2CNC2)CC1. The molecule has 4 rings (SSSR count). The van der Waals surface area contributed by atoms with E-state index in [4.69, 9.17) is 10.3 Å². The summed E-state index contributed by atoms with van der Waals surface area (Å²) in [7, 11) is -6.69. The Hall–Kier alpha value is -0.830. The van der Waals surface area contributed by atoms with Crippen molar-refractivity contribution in [2.75, 3.05) is 52.4 Å². The van der Waals surface area contributed by atoms with Crippen molar-refractivity contribution in [3.05, 3.63) is 0 Å². The number of primary sulfonamides is 2. The molecule has 11 nitrogen and oxygen atoms in total. The van der Waals surface area contributed by atoms with Crippen molar-refractivity contribution < 1.29 is 21.6 Å². The summed E-state index contributed by atoms with van der Waals surface area (Å²) in [5.41, 5.74) is 0. The molecule has 0 aromatic carbocycles. The van der Waals surface area contributed by atoms with Gasteiger partial charge in [0.25, 0.3) is 0 Å². The van der Waals surface area contributed by atoms with Crippen molar-refractivity contribution in [2.45, 2.75) is 55.2 Å². The highest BCUT2D eigenvalue weighted by atomic mass is 32.2. The van der Waals surface area contributed by atoms with Crippen molar-refractivity contribution in [3.8, 4) is 0 Å². The highest BCUT2D eigenvalue weighted by Crippen LogP contribution is 2.22. The maximum absolute atomic E-state index is 11.2. The third kappa shape index (κ3) is 6.59. The fourth-order valence-corrected chi connectivity index (χ4v) is 6.35. The first-order valence-corrected chi connectivity index (χ1v) is 14.1. The van der Waals surface area contributed by atoms with Gasteiger partial charge in [-0.05, 0) is 51.9 Å². The normalized spacial score (nSPS) is 26.0. The van der Waals surface area contributed by atoms with E-state index in [0.717, 1.165) is 52.4 Å². The van der Waals surface area contributed by atoms with E-state index in [1.807, 2.05) is 0 Å². The molecular weight excluding hydrogens is 444 g/mol. The first-order valence-electron chi connectivity index (χ1n) is 10.9. The number of hydrogen-bond acceptors (Lipinski definition) is 8. The third-order valence-corrected chi connectivity index (χ3v) is 9.78. The minimum Gasteiger partial charge on any atom is -0.340 e. The molecule has 5 N–H and O–H groups in total. The van der Waals surface area contributed by atoms with Gasteiger partial charge in [-0.25, -0.2) is 27.1 Å². The predicted octanol–water partition coefficient (Wildman–Crippen LogP) is -2.32. The molecule has 31 heavy (non-hydrogen) atoms. The highest BCUT2D eigenvalue weighted by molar-refractivity contribution is 7.90. The molecule has 4 heterocycles. The average Bonchev–Trinajstić information content (AvgIpc) is 2.59. The zero-order chi connectivity index (χ0) is 22.8. The van der Waals surface area contributed by atoms with E-state index in [2.05, 4.69) is 15.1 Å². The van der Waals surface area contributed by atoms with Crippen molar-refractivity contribution in [1.29, 1.82) is 0 Å². The summed E-state index contributed by atoms with van der Waals surface area (Å²) in [4.78, 5) is 17.5. The van der Waals surface area contributed by atoms with Gasteiger partial charge >= 0.3 is 0 Å². The van der Waals surface area contributed by atoms with Gasteiger partial charge in [0, 0.05) is 45.2 Å². The van der Waals surface area contributed by atoms with E-state index < -0.39 is 20.0 Å². The number of nitrogens with one attached hydrogen (secondary N) is 1. The van der Waals surface area contributed by atoms with Gasteiger partial charge in [0.15, 0.2) is 0 Å². The zero-order valence-corrected chi connectivity index (χ0v) is 19.8. The number of rotatable bonds is 4. The van der Waals surface area contributed by atoms with Crippen LogP contribution in [0.2, 0.25) is 0 Å². The lowest BCUT2D eigenvalue weighted by Crippen LogP contribution is -2.62. The predicted molar refractivity (Wildman–Crippen MR) is 118 cm³/mol. The van der Waals surface area contributed by atoms with E-state index in [9.17, 15) is 21.6 Å². The van der Waals surface area contributed by atoms with Gasteiger partial charge in [-0.3, -0.25) is 14.6 Å². The number of hydrogen-bond donors (Lipinski definition) is 3. The third-order valence-electron chi connectivity index (χ3n) is 6.98. The summed E-state index contributed by atoms with van der Waals surface area (Å²) in [5.74, 6) is 0.112. The minimum atomic E-state index is -3.38. The summed E-state index contributed by atoms with van der Waals surface area (Å²) in [6, 6.07) is 1.02. The lowest BCUT2D eigenvalue weighted by Gasteiger charge is -2.47. The summed E-state index contributed by atoms with van der Waals surface area (Å²) >= 11 is 0. The van der Waals surface area contributed by atoms with Crippen LogP contribution in [0, 0.1) is 0 Å². The Kier molecular flexibility index (Phi) is 7.98. The second-order valence-corrected chi connectivity index (χ2v) is 12.7. The molecule has 0 aromatic heterocycles. The van der Waals surface area contributed by atoms with Crippen LogP contribution in [-0.4, -0.2) is 112 Å². The molecule has 0 saturated carbocycles. The van der Waals surface area contributed by atoms with Crippen molar-refractivity contribution in [1.82, 2.24) is 20.0 Å². The summed E-state index contributed by atoms with van der Waals surface area (Å²) in [5, 5.41) is 12.8. The molecule has 0 bridgehead atoms. The Morgan fingerprint density at radius 2 is 1.16 bits per heavy atom. The van der Waals surface area contributed by atoms with Crippen molar-refractivity contribution in [3.63, 3.8) is 0 Å². The molecular formula is C18H36N6O5S2. The maximum atomic E-state index is 11.2. The van der Waals surface area contributed by atoms with Crippen LogP contribution in [0.5, 0.6) is 0 Å². The Morgan fingerprint density at radius 3 is 1.45 bits per heavy atom. The second-order valence-electron chi connectivity index (χ2n) is 9.04. The summed E-state index contributed by atoms with van der Waals surface area (Å²) in [6.07, 6.45) is 2.59. The summed E-state index contributed by atoms with van der Waals surface area (Å²) < 4.78 is 44.6. The molecule has 0 spiro atoms. The number of carbonyl (C=O) groups is 1. The van der Waals surface area contributed by atoms with Crippen molar-refractivity contribution in [2.24, 2.45) is 10.3 Å². The highest BCUT2D eigenvalue weighted by Gasteiger charge is 2.37. The fourth-order valence-electron chi connectivity index (χ4n) is 4.61. The van der Waals surface area contributed by atoms with Gasteiger partial charge in [-0.2, -0.15) is 0 Å². The maximum Gasteiger partial charge on any atom is 0.219 e. The molecule has 4 fully saturated rings. The van der Waals surface area contributed by atoms with Crippen LogP contribution in [0.1, 0.15) is 32.6 Å². The molecule has 4 saturated heterocycles. The number of amides is 1. The molecule has 0 atom stereocenters. The molecule has 4 aliphatic heterocycles. The molecule has 180 valence electrons. The Labute approximate surface area is 185 Å². The van der Waals surface area contributed by atoms with Gasteiger partial charge in [0.05, 0.1) is 10.5 Å². The van der Waals surface area contributed by atoms with E-state index in [-0.39, 0.29) is 16.4 Å². The van der Waals surface area contributed by atoms with Gasteiger partial charge < -0.3 is 10.2 Å². The second kappa shape index (κ2) is 9.98. The minimum absolute atomic E-state index is 0.112. The summed E-state index contributed by atoms with van der Waals surface area (Å²) in [6.45, 7) is 8.46. The van der Waals surface area contributed by atoms with Crippen LogP contribution in [0.4, 0.5) is 0 Å². The number of nitrogens with two attached hydrogens (primary N) is 2. The molecule has 13 heteroatoms. The number of nitrogens with zero attached hydrogens (tertiary/aromatic N) is 3. The lowest BCUT2D eigenvalue weighted by atomic mass is 10.0. The van der Waals surface area contributed by atoms with Gasteiger partial charge in [-0.1, -0.05) is 0 Å². The molecule has 0 aliphatic carbocycles. The van der Waals surface area contributed by atoms with Crippen LogP contribution >= 0.6 is 0 Å². The van der Waals surface area contributed by atoms with E-state index in [0.29, 0.717) is 37.8 Å². The first-order chi connectivity index (χ1) is 14.4. The van der Waals surface area contributed by atoms with E-state index in [1.54, 1.807) is 11.8 Å². The molecule has 0 aromatic rings. The number of piperidine rings is 2. The van der Waals surface area contributed by atoms with Crippen LogP contribution in [0.25, 0.3) is 0 Å². The topological polar surface area (TPSA) is 159 Å². The van der Waals surface area contributed by atoms with Crippen LogP contribution in [0.15, 0.2) is 0 Å². The van der Waals surface area contributed by atoms with Crippen LogP contribution < -0.4 is 15.6 Å². The van der Waals surface area contributed by atoms with Gasteiger partial charge in [0.2, 0.25) is 26.0 Å². The molecule has 0 unspecified atom stereocenters. The van der Waals surface area contributed by atoms with E-state index >= 15 is 0 Å². The number of likely N-dealkylation sites (tertiary alicyclic amines) is 3. The van der Waals surface area contributed by atoms with Crippen LogP contribution in [-0.2, 0) is 24.8 Å². The Bertz CT molecular complexity index is 826. The zero-order valence-electron chi connectivity index (χ0n) is 18.1. The number of sulfonamides is 2. The Morgan fingerprint density at radius 1 is 0.774 bits per heavy atom. The molecule has 1 amide bonds. The largest absolute Gasteiger partial charge is 0.340 e. The van der Waals surface area contributed by atoms with Crippen molar-refractivity contribution >= 4 is 26.0 Å². The van der Waals surface area contributed by atoms with Crippen LogP contribution in [0.3, 0.4) is 0 Å². The first kappa shape index (κ1) is 24.8. The Balaban J connectivity index is 0.000000179. The van der Waals surface area contributed by atoms with Gasteiger partial charge in [0.1, 0.15) is 0 Å². The quantitative estimate of drug-likeness (QED) is 0.404. The van der Waals surface area contributed by atoms with Gasteiger partial charge in [-0.15, -0.1) is 0 Å². The smallest absolute Gasteiger partial charge is 0.219 e. The molecule has 4 aliphatic rings. The average molecular weight is 481 g/mol.